The van der Waals surface area contributed by atoms with Crippen LogP contribution in [0.2, 0.25) is 0 Å². The normalized spacial score (nSPS) is 20.0. The smallest absolute Gasteiger partial charge is 0.179 e. The highest BCUT2D eigenvalue weighted by molar-refractivity contribution is 5.51. The molecule has 0 saturated carbocycles. The van der Waals surface area contributed by atoms with Crippen molar-refractivity contribution in [1.29, 1.82) is 0 Å². The van der Waals surface area contributed by atoms with Crippen molar-refractivity contribution in [2.24, 2.45) is 0 Å². The topological polar surface area (TPSA) is 12.5 Å². The molecule has 0 spiro atoms. The summed E-state index contributed by atoms with van der Waals surface area (Å²) in [6, 6.07) is 13.5. The number of fused-ring (bicyclic) bond motifs is 4. The van der Waals surface area contributed by atoms with E-state index in [4.69, 9.17) is 4.74 Å². The summed E-state index contributed by atoms with van der Waals surface area (Å²) in [5.41, 5.74) is 7.05. The molecule has 0 amide bonds. The van der Waals surface area contributed by atoms with Gasteiger partial charge in [0.25, 0.3) is 0 Å². The van der Waals surface area contributed by atoms with Gasteiger partial charge in [-0.1, -0.05) is 77.9 Å². The maximum Gasteiger partial charge on any atom is 0.179 e. The van der Waals surface area contributed by atoms with Crippen LogP contribution in [0, 0.1) is 0 Å². The van der Waals surface area contributed by atoms with Crippen LogP contribution in [0.15, 0.2) is 36.4 Å². The van der Waals surface area contributed by atoms with Crippen molar-refractivity contribution in [1.82, 2.24) is 4.90 Å². The van der Waals surface area contributed by atoms with Crippen LogP contribution in [0.4, 0.5) is 0 Å². The summed E-state index contributed by atoms with van der Waals surface area (Å²) in [7, 11) is 0. The highest BCUT2D eigenvalue weighted by atomic mass is 16.5. The molecule has 1 atom stereocenters. The molecule has 2 aliphatic rings. The van der Waals surface area contributed by atoms with E-state index in [1.54, 1.807) is 0 Å². The molecular formula is C24H31NO. The van der Waals surface area contributed by atoms with Gasteiger partial charge >= 0.3 is 0 Å². The van der Waals surface area contributed by atoms with Crippen LogP contribution in [0.25, 0.3) is 0 Å². The van der Waals surface area contributed by atoms with E-state index in [1.807, 2.05) is 0 Å². The number of hydrogen-bond acceptors (Lipinski definition) is 2. The van der Waals surface area contributed by atoms with Crippen molar-refractivity contribution in [2.75, 3.05) is 6.54 Å². The quantitative estimate of drug-likeness (QED) is 0.602. The molecule has 2 aromatic rings. The Balaban J connectivity index is 1.85. The summed E-state index contributed by atoms with van der Waals surface area (Å²) >= 11 is 0. The third-order valence-electron chi connectivity index (χ3n) is 5.76. The van der Waals surface area contributed by atoms with Gasteiger partial charge < -0.3 is 4.74 Å². The highest BCUT2D eigenvalue weighted by Crippen LogP contribution is 2.45. The zero-order valence-electron chi connectivity index (χ0n) is 17.0. The van der Waals surface area contributed by atoms with Gasteiger partial charge in [-0.25, -0.2) is 0 Å². The molecular weight excluding hydrogens is 318 g/mol. The summed E-state index contributed by atoms with van der Waals surface area (Å²) in [6.45, 7) is 15.8. The monoisotopic (exact) mass is 349 g/mol. The van der Waals surface area contributed by atoms with Crippen LogP contribution in [0.5, 0.6) is 5.75 Å². The third-order valence-corrected chi connectivity index (χ3v) is 5.76. The lowest BCUT2D eigenvalue weighted by atomic mass is 9.78. The van der Waals surface area contributed by atoms with Crippen molar-refractivity contribution in [2.45, 2.75) is 71.6 Å². The van der Waals surface area contributed by atoms with E-state index >= 15 is 0 Å². The first kappa shape index (κ1) is 17.6. The van der Waals surface area contributed by atoms with Crippen LogP contribution >= 0.6 is 0 Å². The van der Waals surface area contributed by atoms with Crippen molar-refractivity contribution < 1.29 is 4.74 Å². The highest BCUT2D eigenvalue weighted by Gasteiger charge is 2.36. The predicted molar refractivity (Wildman–Crippen MR) is 108 cm³/mol. The fourth-order valence-electron chi connectivity index (χ4n) is 4.15. The standard InChI is InChI=1S/C24H31NO/c1-23(2,3)18-13-17-15-25-12-11-16-9-7-8-10-19(16)22(25)26-21(17)20(14-18)24(4,5)6/h7-10,13-14,22H,11-12,15H2,1-6H3. The maximum atomic E-state index is 6.71. The van der Waals surface area contributed by atoms with E-state index in [0.29, 0.717) is 0 Å². The Hall–Kier alpha value is -1.80. The molecule has 138 valence electrons. The molecule has 0 radical (unpaired) electrons. The first-order valence-corrected chi connectivity index (χ1v) is 9.81. The second kappa shape index (κ2) is 5.85. The second-order valence-corrected chi connectivity index (χ2v) is 9.90. The molecule has 0 aliphatic carbocycles. The van der Waals surface area contributed by atoms with Gasteiger partial charge in [0.1, 0.15) is 5.75 Å². The van der Waals surface area contributed by atoms with Gasteiger partial charge in [0.05, 0.1) is 0 Å². The molecule has 0 fully saturated rings. The molecule has 0 saturated heterocycles. The fourth-order valence-corrected chi connectivity index (χ4v) is 4.15. The molecule has 1 unspecified atom stereocenters. The van der Waals surface area contributed by atoms with Crippen LogP contribution in [-0.4, -0.2) is 11.4 Å². The van der Waals surface area contributed by atoms with Crippen LogP contribution in [-0.2, 0) is 23.8 Å². The van der Waals surface area contributed by atoms with E-state index in [1.165, 1.54) is 27.8 Å². The minimum absolute atomic E-state index is 0.0500. The second-order valence-electron chi connectivity index (χ2n) is 9.90. The molecule has 2 heteroatoms. The lowest BCUT2D eigenvalue weighted by Gasteiger charge is -2.43. The molecule has 0 bridgehead atoms. The molecule has 2 heterocycles. The van der Waals surface area contributed by atoms with E-state index in [9.17, 15) is 0 Å². The SMILES string of the molecule is CC(C)(C)c1cc2c(c(C(C)(C)C)c1)OC1c3ccccc3CCN1C2. The number of ether oxygens (including phenoxy) is 1. The Morgan fingerprint density at radius 3 is 2.35 bits per heavy atom. The number of benzene rings is 2. The van der Waals surface area contributed by atoms with Gasteiger partial charge in [-0.05, 0) is 28.4 Å². The van der Waals surface area contributed by atoms with Crippen molar-refractivity contribution >= 4 is 0 Å². The summed E-state index contributed by atoms with van der Waals surface area (Å²) in [4.78, 5) is 2.49. The Morgan fingerprint density at radius 1 is 0.923 bits per heavy atom. The van der Waals surface area contributed by atoms with Gasteiger partial charge in [-0.2, -0.15) is 0 Å². The van der Waals surface area contributed by atoms with Crippen LogP contribution < -0.4 is 4.74 Å². The Morgan fingerprint density at radius 2 is 1.65 bits per heavy atom. The molecule has 2 aromatic carbocycles. The predicted octanol–water partition coefficient (Wildman–Crippen LogP) is 5.73. The number of rotatable bonds is 0. The molecule has 0 aromatic heterocycles. The summed E-state index contributed by atoms with van der Waals surface area (Å²) < 4.78 is 6.71. The van der Waals surface area contributed by atoms with Gasteiger partial charge in [0.2, 0.25) is 0 Å². The van der Waals surface area contributed by atoms with E-state index in [-0.39, 0.29) is 17.1 Å². The lowest BCUT2D eigenvalue weighted by molar-refractivity contribution is -0.0117. The Bertz CT molecular complexity index is 838. The number of nitrogens with zero attached hydrogens (tertiary/aromatic N) is 1. The minimum atomic E-state index is 0.0500. The largest absolute Gasteiger partial charge is 0.470 e. The summed E-state index contributed by atoms with van der Waals surface area (Å²) in [6.07, 6.45) is 1.16. The third kappa shape index (κ3) is 2.95. The average molecular weight is 350 g/mol. The Kier molecular flexibility index (Phi) is 3.96. The van der Waals surface area contributed by atoms with Gasteiger partial charge in [-0.15, -0.1) is 0 Å². The van der Waals surface area contributed by atoms with Gasteiger partial charge in [-0.3, -0.25) is 4.90 Å². The van der Waals surface area contributed by atoms with Crippen molar-refractivity contribution in [3.8, 4) is 5.75 Å². The molecule has 2 nitrogen and oxygen atoms in total. The molecule has 2 aliphatic heterocycles. The first-order valence-electron chi connectivity index (χ1n) is 9.81. The van der Waals surface area contributed by atoms with Crippen LogP contribution in [0.3, 0.4) is 0 Å². The molecule has 4 rings (SSSR count). The summed E-state index contributed by atoms with van der Waals surface area (Å²) in [5.74, 6) is 1.11. The average Bonchev–Trinajstić information content (AvgIpc) is 2.57. The summed E-state index contributed by atoms with van der Waals surface area (Å²) in [5, 5.41) is 0. The van der Waals surface area contributed by atoms with Crippen molar-refractivity contribution in [3.05, 3.63) is 64.2 Å². The van der Waals surface area contributed by atoms with E-state index in [2.05, 4.69) is 82.8 Å². The lowest BCUT2D eigenvalue weighted by Crippen LogP contribution is -2.41. The maximum absolute atomic E-state index is 6.71. The van der Waals surface area contributed by atoms with Gasteiger partial charge in [0.15, 0.2) is 6.23 Å². The van der Waals surface area contributed by atoms with E-state index < -0.39 is 0 Å². The zero-order valence-corrected chi connectivity index (χ0v) is 17.0. The first-order chi connectivity index (χ1) is 12.1. The Labute approximate surface area is 158 Å². The minimum Gasteiger partial charge on any atom is -0.470 e. The fraction of sp³-hybridized carbons (Fsp3) is 0.500. The van der Waals surface area contributed by atoms with Gasteiger partial charge in [0, 0.05) is 29.8 Å². The number of hydrogen-bond donors (Lipinski definition) is 0. The zero-order chi connectivity index (χ0) is 18.7. The molecule has 0 N–H and O–H groups in total. The van der Waals surface area contributed by atoms with Crippen LogP contribution in [0.1, 0.15) is 75.6 Å². The van der Waals surface area contributed by atoms with E-state index in [0.717, 1.165) is 25.3 Å². The van der Waals surface area contributed by atoms with Crippen molar-refractivity contribution in [3.63, 3.8) is 0 Å². The molecule has 26 heavy (non-hydrogen) atoms.